The predicted molar refractivity (Wildman–Crippen MR) is 129 cm³/mol. The zero-order valence-corrected chi connectivity index (χ0v) is 19.3. The minimum Gasteiger partial charge on any atom is -0.507 e. The van der Waals surface area contributed by atoms with Crippen molar-refractivity contribution in [2.24, 2.45) is 5.92 Å². The van der Waals surface area contributed by atoms with Gasteiger partial charge in [-0.2, -0.15) is 0 Å². The van der Waals surface area contributed by atoms with Gasteiger partial charge >= 0.3 is 0 Å². The highest BCUT2D eigenvalue weighted by Crippen LogP contribution is 2.43. The number of benzene rings is 3. The molecule has 3 aromatic carbocycles. The van der Waals surface area contributed by atoms with E-state index in [1.54, 1.807) is 24.3 Å². The summed E-state index contributed by atoms with van der Waals surface area (Å²) in [5, 5.41) is 11.3. The summed E-state index contributed by atoms with van der Waals surface area (Å²) < 4.78 is 19.3. The topological polar surface area (TPSA) is 66.8 Å². The molecule has 1 saturated heterocycles. The summed E-state index contributed by atoms with van der Waals surface area (Å²) >= 11 is 0. The Morgan fingerprint density at radius 3 is 2.41 bits per heavy atom. The van der Waals surface area contributed by atoms with E-state index in [1.807, 2.05) is 45.0 Å². The Labute approximate surface area is 198 Å². The van der Waals surface area contributed by atoms with Crippen LogP contribution in [-0.4, -0.2) is 23.4 Å². The van der Waals surface area contributed by atoms with Crippen LogP contribution in [0, 0.1) is 18.7 Å². The molecule has 1 aliphatic heterocycles. The van der Waals surface area contributed by atoms with Crippen LogP contribution in [0.15, 0.2) is 78.4 Å². The molecular formula is C28H26FNO4. The molecule has 0 saturated carbocycles. The summed E-state index contributed by atoms with van der Waals surface area (Å²) in [6.07, 6.45) is 0. The third kappa shape index (κ3) is 4.44. The second kappa shape index (κ2) is 9.51. The molecular weight excluding hydrogens is 433 g/mol. The molecule has 5 nitrogen and oxygen atoms in total. The largest absolute Gasteiger partial charge is 0.507 e. The highest BCUT2D eigenvalue weighted by molar-refractivity contribution is 6.51. The second-order valence-electron chi connectivity index (χ2n) is 8.73. The Hall–Kier alpha value is -3.93. The Bertz CT molecular complexity index is 1260. The van der Waals surface area contributed by atoms with Crippen molar-refractivity contribution in [2.45, 2.75) is 26.8 Å². The number of rotatable bonds is 6. The van der Waals surface area contributed by atoms with E-state index in [4.69, 9.17) is 4.74 Å². The van der Waals surface area contributed by atoms with Gasteiger partial charge in [0.25, 0.3) is 11.7 Å². The Kier molecular flexibility index (Phi) is 6.50. The number of anilines is 1. The number of halogens is 1. The lowest BCUT2D eigenvalue weighted by molar-refractivity contribution is -0.132. The minimum absolute atomic E-state index is 0.0235. The van der Waals surface area contributed by atoms with Crippen LogP contribution in [0.5, 0.6) is 5.75 Å². The maximum atomic E-state index is 13.6. The normalized spacial score (nSPS) is 17.4. The van der Waals surface area contributed by atoms with Gasteiger partial charge in [0.2, 0.25) is 0 Å². The van der Waals surface area contributed by atoms with Crippen molar-refractivity contribution in [1.29, 1.82) is 0 Å². The van der Waals surface area contributed by atoms with Crippen LogP contribution < -0.4 is 9.64 Å². The van der Waals surface area contributed by atoms with E-state index in [0.29, 0.717) is 35.1 Å². The van der Waals surface area contributed by atoms with Crippen molar-refractivity contribution in [3.63, 3.8) is 0 Å². The number of ketones is 1. The quantitative estimate of drug-likeness (QED) is 0.288. The predicted octanol–water partition coefficient (Wildman–Crippen LogP) is 5.80. The first-order valence-electron chi connectivity index (χ1n) is 11.1. The van der Waals surface area contributed by atoms with Crippen molar-refractivity contribution in [3.05, 3.63) is 101 Å². The molecule has 0 radical (unpaired) electrons. The average Bonchev–Trinajstić information content (AvgIpc) is 3.08. The highest BCUT2D eigenvalue weighted by Gasteiger charge is 2.47. The molecule has 4 rings (SSSR count). The number of ether oxygens (including phenoxy) is 1. The van der Waals surface area contributed by atoms with Gasteiger partial charge in [-0.05, 0) is 60.4 Å². The van der Waals surface area contributed by atoms with Crippen LogP contribution in [0.25, 0.3) is 5.76 Å². The lowest BCUT2D eigenvalue weighted by Gasteiger charge is -2.26. The Morgan fingerprint density at radius 1 is 1.03 bits per heavy atom. The Balaban J connectivity index is 1.88. The molecule has 0 bridgehead atoms. The smallest absolute Gasteiger partial charge is 0.300 e. The third-order valence-electron chi connectivity index (χ3n) is 5.72. The van der Waals surface area contributed by atoms with Crippen LogP contribution in [0.1, 0.15) is 36.6 Å². The molecule has 0 aromatic heterocycles. The first-order valence-corrected chi connectivity index (χ1v) is 11.1. The van der Waals surface area contributed by atoms with Crippen molar-refractivity contribution < 1.29 is 23.8 Å². The zero-order chi connectivity index (χ0) is 24.4. The fourth-order valence-electron chi connectivity index (χ4n) is 4.04. The fraction of sp³-hybridized carbons (Fsp3) is 0.214. The minimum atomic E-state index is -0.869. The van der Waals surface area contributed by atoms with Crippen LogP contribution >= 0.6 is 0 Å². The van der Waals surface area contributed by atoms with E-state index in [-0.39, 0.29) is 11.3 Å². The maximum absolute atomic E-state index is 13.6. The van der Waals surface area contributed by atoms with Gasteiger partial charge in [-0.1, -0.05) is 50.2 Å². The SMILES string of the molecule is Cc1ccccc1C1/C(=C(\O)c2cccc(OCC(C)C)c2)C(=O)C(=O)N1c1ccc(F)cc1. The van der Waals surface area contributed by atoms with E-state index in [2.05, 4.69) is 0 Å². The molecule has 174 valence electrons. The van der Waals surface area contributed by atoms with Gasteiger partial charge in [0, 0.05) is 11.3 Å². The van der Waals surface area contributed by atoms with Crippen molar-refractivity contribution in [1.82, 2.24) is 0 Å². The van der Waals surface area contributed by atoms with E-state index >= 15 is 0 Å². The highest BCUT2D eigenvalue weighted by atomic mass is 19.1. The number of amides is 1. The molecule has 1 atom stereocenters. The summed E-state index contributed by atoms with van der Waals surface area (Å²) in [6, 6.07) is 18.7. The molecule has 1 amide bonds. The molecule has 1 N–H and O–H groups in total. The third-order valence-corrected chi connectivity index (χ3v) is 5.72. The number of carbonyl (C=O) groups excluding carboxylic acids is 2. The number of aryl methyl sites for hydroxylation is 1. The fourth-order valence-corrected chi connectivity index (χ4v) is 4.04. The van der Waals surface area contributed by atoms with Crippen LogP contribution in [0.3, 0.4) is 0 Å². The van der Waals surface area contributed by atoms with E-state index in [1.165, 1.54) is 29.2 Å². The second-order valence-corrected chi connectivity index (χ2v) is 8.73. The van der Waals surface area contributed by atoms with Crippen LogP contribution in [0.2, 0.25) is 0 Å². The van der Waals surface area contributed by atoms with Gasteiger partial charge in [-0.15, -0.1) is 0 Å². The molecule has 6 heteroatoms. The average molecular weight is 460 g/mol. The first kappa shape index (κ1) is 23.2. The summed E-state index contributed by atoms with van der Waals surface area (Å²) in [4.78, 5) is 27.8. The zero-order valence-electron chi connectivity index (χ0n) is 19.3. The monoisotopic (exact) mass is 459 g/mol. The maximum Gasteiger partial charge on any atom is 0.300 e. The van der Waals surface area contributed by atoms with Gasteiger partial charge < -0.3 is 9.84 Å². The van der Waals surface area contributed by atoms with Gasteiger partial charge in [0.05, 0.1) is 18.2 Å². The number of aliphatic hydroxyl groups excluding tert-OH is 1. The lowest BCUT2D eigenvalue weighted by atomic mass is 9.92. The van der Waals surface area contributed by atoms with Crippen molar-refractivity contribution >= 4 is 23.1 Å². The number of aliphatic hydroxyl groups is 1. The van der Waals surface area contributed by atoms with Gasteiger partial charge in [0.15, 0.2) is 0 Å². The number of Topliss-reactive ketones (excluding diaryl/α,β-unsaturated/α-hetero) is 1. The van der Waals surface area contributed by atoms with Gasteiger partial charge in [-0.25, -0.2) is 4.39 Å². The summed E-state index contributed by atoms with van der Waals surface area (Å²) in [5.41, 5.74) is 2.26. The number of carbonyl (C=O) groups is 2. The summed E-state index contributed by atoms with van der Waals surface area (Å²) in [6.45, 7) is 6.44. The molecule has 1 heterocycles. The van der Waals surface area contributed by atoms with E-state index in [9.17, 15) is 19.1 Å². The Morgan fingerprint density at radius 2 is 1.74 bits per heavy atom. The summed E-state index contributed by atoms with van der Waals surface area (Å²) in [5.74, 6) is -1.45. The molecule has 1 fully saturated rings. The molecule has 1 unspecified atom stereocenters. The first-order chi connectivity index (χ1) is 16.3. The van der Waals surface area contributed by atoms with Crippen LogP contribution in [-0.2, 0) is 9.59 Å². The van der Waals surface area contributed by atoms with E-state index in [0.717, 1.165) is 5.56 Å². The van der Waals surface area contributed by atoms with Gasteiger partial charge in [0.1, 0.15) is 17.3 Å². The van der Waals surface area contributed by atoms with E-state index < -0.39 is 23.5 Å². The van der Waals surface area contributed by atoms with Crippen molar-refractivity contribution in [2.75, 3.05) is 11.5 Å². The standard InChI is InChI=1S/C28H26FNO4/c1-17(2)16-34-22-9-6-8-19(15-22)26(31)24-25(23-10-5-4-7-18(23)3)30(28(33)27(24)32)21-13-11-20(29)12-14-21/h4-15,17,25,31H,16H2,1-3H3/b26-24+. The lowest BCUT2D eigenvalue weighted by Crippen LogP contribution is -2.29. The number of hydrogen-bond acceptors (Lipinski definition) is 4. The summed E-state index contributed by atoms with van der Waals surface area (Å²) in [7, 11) is 0. The molecule has 0 aliphatic carbocycles. The van der Waals surface area contributed by atoms with Gasteiger partial charge in [-0.3, -0.25) is 14.5 Å². The molecule has 0 spiro atoms. The number of nitrogens with zero attached hydrogens (tertiary/aromatic N) is 1. The molecule has 34 heavy (non-hydrogen) atoms. The molecule has 1 aliphatic rings. The number of hydrogen-bond donors (Lipinski definition) is 1. The molecule has 3 aromatic rings. The van der Waals surface area contributed by atoms with Crippen molar-refractivity contribution in [3.8, 4) is 5.75 Å². The van der Waals surface area contributed by atoms with Crippen LogP contribution in [0.4, 0.5) is 10.1 Å².